The van der Waals surface area contributed by atoms with Gasteiger partial charge in [-0.1, -0.05) is 0 Å². The third-order valence-corrected chi connectivity index (χ3v) is 2.88. The highest BCUT2D eigenvalue weighted by atomic mass is 35.5. The van der Waals surface area contributed by atoms with Crippen LogP contribution in [0.2, 0.25) is 0 Å². The molecule has 0 radical (unpaired) electrons. The lowest BCUT2D eigenvalue weighted by atomic mass is 9.88. The number of piperidine rings is 1. The smallest absolute Gasteiger partial charge is 0.117 e. The highest BCUT2D eigenvalue weighted by molar-refractivity contribution is 5.85. The van der Waals surface area contributed by atoms with Gasteiger partial charge >= 0.3 is 0 Å². The van der Waals surface area contributed by atoms with Crippen molar-refractivity contribution in [3.05, 3.63) is 0 Å². The van der Waals surface area contributed by atoms with E-state index in [1.807, 2.05) is 0 Å². The fourth-order valence-electron chi connectivity index (χ4n) is 2.30. The molecule has 2 rings (SSSR count). The summed E-state index contributed by atoms with van der Waals surface area (Å²) in [6, 6.07) is 0. The Balaban J connectivity index is 0.000000720. The van der Waals surface area contributed by atoms with E-state index in [0.29, 0.717) is 18.4 Å². The van der Waals surface area contributed by atoms with Crippen LogP contribution < -0.4 is 5.32 Å². The molecule has 3 atom stereocenters. The first-order valence-corrected chi connectivity index (χ1v) is 4.30. The van der Waals surface area contributed by atoms with Gasteiger partial charge in [-0.05, 0) is 19.5 Å². The van der Waals surface area contributed by atoms with Gasteiger partial charge < -0.3 is 10.2 Å². The molecule has 1 N–H and O–H groups in total. The number of nitrogens with zero attached hydrogens (tertiary/aromatic N) is 1. The first-order chi connectivity index (χ1) is 5.27. The van der Waals surface area contributed by atoms with Crippen LogP contribution in [-0.2, 0) is 0 Å². The molecule has 0 aromatic rings. The summed E-state index contributed by atoms with van der Waals surface area (Å²) in [6.07, 6.45) is -0.612. The Bertz CT molecular complexity index is 159. The number of hydrogen-bond donors (Lipinski definition) is 1. The summed E-state index contributed by atoms with van der Waals surface area (Å²) in [5.41, 5.74) is 0. The van der Waals surface area contributed by atoms with Crippen LogP contribution in [0.4, 0.5) is 4.39 Å². The van der Waals surface area contributed by atoms with E-state index in [1.54, 1.807) is 0 Å². The molecule has 2 aliphatic heterocycles. The topological polar surface area (TPSA) is 15.3 Å². The molecule has 13 heavy (non-hydrogen) atoms. The van der Waals surface area contributed by atoms with Gasteiger partial charge in [0.25, 0.3) is 0 Å². The number of likely N-dealkylation sites (tertiary alicyclic amines) is 1. The largest absolute Gasteiger partial charge is 0.313 e. The van der Waals surface area contributed by atoms with Crippen LogP contribution in [-0.4, -0.2) is 44.3 Å². The lowest BCUT2D eigenvalue weighted by molar-refractivity contribution is 0.156. The lowest BCUT2D eigenvalue weighted by Crippen LogP contribution is -2.44. The normalized spacial score (nSPS) is 38.8. The zero-order chi connectivity index (χ0) is 7.84. The van der Waals surface area contributed by atoms with E-state index in [-0.39, 0.29) is 24.8 Å². The number of fused-ring (bicyclic) bond motifs is 1. The predicted molar refractivity (Wildman–Crippen MR) is 56.7 cm³/mol. The molecule has 1 unspecified atom stereocenters. The standard InChI is InChI=1S/C8H15FN2.2ClH/c1-11-4-6-2-10-3-8(9)7(6)5-11;;/h6-8,10H,2-5H2,1H3;2*1H/t6-,7+,8?;;/m1../s1. The SMILES string of the molecule is CN1C[C@H]2CNCC(F)[C@H]2C1.Cl.Cl. The van der Waals surface area contributed by atoms with Crippen molar-refractivity contribution in [2.24, 2.45) is 11.8 Å². The van der Waals surface area contributed by atoms with Gasteiger partial charge in [0.2, 0.25) is 0 Å². The molecule has 0 spiro atoms. The molecule has 0 aromatic heterocycles. The van der Waals surface area contributed by atoms with E-state index in [1.165, 1.54) is 0 Å². The summed E-state index contributed by atoms with van der Waals surface area (Å²) < 4.78 is 13.2. The minimum atomic E-state index is -0.612. The fourth-order valence-corrected chi connectivity index (χ4v) is 2.30. The Morgan fingerprint density at radius 3 is 2.54 bits per heavy atom. The Labute approximate surface area is 91.1 Å². The zero-order valence-electron chi connectivity index (χ0n) is 7.70. The molecule has 0 bridgehead atoms. The summed E-state index contributed by atoms with van der Waals surface area (Å²) in [7, 11) is 2.07. The molecule has 80 valence electrons. The molecule has 0 amide bonds. The summed E-state index contributed by atoms with van der Waals surface area (Å²) >= 11 is 0. The number of hydrogen-bond acceptors (Lipinski definition) is 2. The van der Waals surface area contributed by atoms with Crippen LogP contribution in [0.1, 0.15) is 0 Å². The van der Waals surface area contributed by atoms with Crippen LogP contribution in [0.25, 0.3) is 0 Å². The average molecular weight is 231 g/mol. The molecule has 2 aliphatic rings. The summed E-state index contributed by atoms with van der Waals surface area (Å²) in [6.45, 7) is 3.59. The second kappa shape index (κ2) is 5.35. The Morgan fingerprint density at radius 2 is 1.92 bits per heavy atom. The second-order valence-corrected chi connectivity index (χ2v) is 3.82. The highest BCUT2D eigenvalue weighted by Gasteiger charge is 2.38. The molecule has 0 aliphatic carbocycles. The minimum absolute atomic E-state index is 0. The van der Waals surface area contributed by atoms with Gasteiger partial charge in [0.1, 0.15) is 6.17 Å². The minimum Gasteiger partial charge on any atom is -0.313 e. The summed E-state index contributed by atoms with van der Waals surface area (Å²) in [5.74, 6) is 0.866. The lowest BCUT2D eigenvalue weighted by Gasteiger charge is -2.28. The maximum Gasteiger partial charge on any atom is 0.117 e. The molecule has 2 fully saturated rings. The fraction of sp³-hybridized carbons (Fsp3) is 1.00. The van der Waals surface area contributed by atoms with Crippen molar-refractivity contribution in [2.75, 3.05) is 33.2 Å². The number of rotatable bonds is 0. The van der Waals surface area contributed by atoms with Crippen molar-refractivity contribution in [1.29, 1.82) is 0 Å². The van der Waals surface area contributed by atoms with Gasteiger partial charge in [-0.25, -0.2) is 4.39 Å². The maximum absolute atomic E-state index is 13.2. The van der Waals surface area contributed by atoms with E-state index in [0.717, 1.165) is 19.6 Å². The molecule has 2 saturated heterocycles. The van der Waals surface area contributed by atoms with Crippen LogP contribution in [0.3, 0.4) is 0 Å². The first kappa shape index (κ1) is 13.4. The number of alkyl halides is 1. The van der Waals surface area contributed by atoms with Gasteiger partial charge in [0.05, 0.1) is 0 Å². The molecule has 2 heterocycles. The van der Waals surface area contributed by atoms with Crippen molar-refractivity contribution < 1.29 is 4.39 Å². The maximum atomic E-state index is 13.2. The van der Waals surface area contributed by atoms with Gasteiger partial charge in [0.15, 0.2) is 0 Å². The van der Waals surface area contributed by atoms with Crippen molar-refractivity contribution in [1.82, 2.24) is 10.2 Å². The molecule has 5 heteroatoms. The van der Waals surface area contributed by atoms with Gasteiger partial charge in [-0.3, -0.25) is 0 Å². The highest BCUT2D eigenvalue weighted by Crippen LogP contribution is 2.28. The number of halogens is 3. The van der Waals surface area contributed by atoms with E-state index >= 15 is 0 Å². The Hall–Kier alpha value is 0.430. The molecule has 2 nitrogen and oxygen atoms in total. The van der Waals surface area contributed by atoms with Crippen molar-refractivity contribution >= 4 is 24.8 Å². The summed E-state index contributed by atoms with van der Waals surface area (Å²) in [4.78, 5) is 2.23. The van der Waals surface area contributed by atoms with Crippen LogP contribution in [0.15, 0.2) is 0 Å². The second-order valence-electron chi connectivity index (χ2n) is 3.82. The number of nitrogens with one attached hydrogen (secondary N) is 1. The van der Waals surface area contributed by atoms with Crippen LogP contribution in [0.5, 0.6) is 0 Å². The van der Waals surface area contributed by atoms with Crippen LogP contribution >= 0.6 is 24.8 Å². The third-order valence-electron chi connectivity index (χ3n) is 2.88. The van der Waals surface area contributed by atoms with E-state index in [2.05, 4.69) is 17.3 Å². The quantitative estimate of drug-likeness (QED) is 0.667. The third kappa shape index (κ3) is 2.69. The average Bonchev–Trinajstić information content (AvgIpc) is 2.31. The summed E-state index contributed by atoms with van der Waals surface area (Å²) in [5, 5.41) is 3.12. The van der Waals surface area contributed by atoms with Crippen molar-refractivity contribution in [3.63, 3.8) is 0 Å². The molecule has 0 aromatic carbocycles. The van der Waals surface area contributed by atoms with E-state index in [4.69, 9.17) is 0 Å². The Morgan fingerprint density at radius 1 is 1.23 bits per heavy atom. The van der Waals surface area contributed by atoms with Crippen LogP contribution in [0, 0.1) is 11.8 Å². The molecular formula is C8H17Cl2FN2. The van der Waals surface area contributed by atoms with Crippen molar-refractivity contribution in [2.45, 2.75) is 6.17 Å². The van der Waals surface area contributed by atoms with Gasteiger partial charge in [0, 0.05) is 25.6 Å². The van der Waals surface area contributed by atoms with Gasteiger partial charge in [-0.15, -0.1) is 24.8 Å². The molecule has 0 saturated carbocycles. The van der Waals surface area contributed by atoms with E-state index in [9.17, 15) is 4.39 Å². The first-order valence-electron chi connectivity index (χ1n) is 4.30. The zero-order valence-corrected chi connectivity index (χ0v) is 9.34. The van der Waals surface area contributed by atoms with Crippen molar-refractivity contribution in [3.8, 4) is 0 Å². The van der Waals surface area contributed by atoms with E-state index < -0.39 is 6.17 Å². The Kier molecular flexibility index (Phi) is 5.52. The predicted octanol–water partition coefficient (Wildman–Crippen LogP) is 0.949. The van der Waals surface area contributed by atoms with Gasteiger partial charge in [-0.2, -0.15) is 0 Å². The molecular weight excluding hydrogens is 214 g/mol. The monoisotopic (exact) mass is 230 g/mol.